The van der Waals surface area contributed by atoms with Gasteiger partial charge in [-0.3, -0.25) is 0 Å². The molecule has 0 aromatic heterocycles. The zero-order valence-electron chi connectivity index (χ0n) is 11.3. The standard InChI is InChI=1S/C17H18BrFO/c18-13-15-10-16(19)12-17(11-15)20-9-5-4-8-14-6-2-1-3-7-14/h1-3,6-7,10-12H,4-5,8-9,13H2. The molecule has 20 heavy (non-hydrogen) atoms. The monoisotopic (exact) mass is 336 g/mol. The minimum atomic E-state index is -0.249. The number of alkyl halides is 1. The van der Waals surface area contributed by atoms with Crippen LogP contribution in [0.4, 0.5) is 4.39 Å². The van der Waals surface area contributed by atoms with Crippen molar-refractivity contribution in [1.82, 2.24) is 0 Å². The highest BCUT2D eigenvalue weighted by Crippen LogP contribution is 2.18. The van der Waals surface area contributed by atoms with Crippen LogP contribution in [0.5, 0.6) is 5.75 Å². The molecule has 0 amide bonds. The summed E-state index contributed by atoms with van der Waals surface area (Å²) in [7, 11) is 0. The van der Waals surface area contributed by atoms with Crippen molar-refractivity contribution in [2.24, 2.45) is 0 Å². The summed E-state index contributed by atoms with van der Waals surface area (Å²) in [5.41, 5.74) is 2.24. The van der Waals surface area contributed by atoms with Gasteiger partial charge in [-0.1, -0.05) is 46.3 Å². The van der Waals surface area contributed by atoms with E-state index in [2.05, 4.69) is 40.2 Å². The Morgan fingerprint density at radius 2 is 1.75 bits per heavy atom. The fraction of sp³-hybridized carbons (Fsp3) is 0.294. The number of halogens is 2. The Labute approximate surface area is 127 Å². The van der Waals surface area contributed by atoms with Gasteiger partial charge < -0.3 is 4.74 Å². The zero-order valence-corrected chi connectivity index (χ0v) is 12.9. The molecule has 0 saturated carbocycles. The topological polar surface area (TPSA) is 9.23 Å². The summed E-state index contributed by atoms with van der Waals surface area (Å²) >= 11 is 3.32. The zero-order chi connectivity index (χ0) is 14.2. The maximum absolute atomic E-state index is 13.3. The van der Waals surface area contributed by atoms with Crippen LogP contribution in [-0.4, -0.2) is 6.61 Å². The van der Waals surface area contributed by atoms with Crippen LogP contribution in [-0.2, 0) is 11.8 Å². The average molecular weight is 337 g/mol. The summed E-state index contributed by atoms with van der Waals surface area (Å²) < 4.78 is 18.9. The largest absolute Gasteiger partial charge is 0.493 e. The predicted molar refractivity (Wildman–Crippen MR) is 83.9 cm³/mol. The second-order valence-electron chi connectivity index (χ2n) is 4.72. The predicted octanol–water partition coefficient (Wildman–Crippen LogP) is 5.12. The van der Waals surface area contributed by atoms with Crippen molar-refractivity contribution in [3.63, 3.8) is 0 Å². The highest BCUT2D eigenvalue weighted by atomic mass is 79.9. The van der Waals surface area contributed by atoms with Crippen LogP contribution in [0.2, 0.25) is 0 Å². The quantitative estimate of drug-likeness (QED) is 0.503. The van der Waals surface area contributed by atoms with Crippen LogP contribution in [0.1, 0.15) is 24.0 Å². The minimum Gasteiger partial charge on any atom is -0.493 e. The molecule has 0 unspecified atom stereocenters. The van der Waals surface area contributed by atoms with Gasteiger partial charge in [-0.15, -0.1) is 0 Å². The molecule has 0 aliphatic heterocycles. The number of aryl methyl sites for hydroxylation is 1. The fourth-order valence-corrected chi connectivity index (χ4v) is 2.37. The summed E-state index contributed by atoms with van der Waals surface area (Å²) in [5, 5.41) is 0.634. The SMILES string of the molecule is Fc1cc(CBr)cc(OCCCCc2ccccc2)c1. The van der Waals surface area contributed by atoms with Crippen molar-refractivity contribution >= 4 is 15.9 Å². The lowest BCUT2D eigenvalue weighted by molar-refractivity contribution is 0.305. The second-order valence-corrected chi connectivity index (χ2v) is 5.28. The Hall–Kier alpha value is -1.35. The third kappa shape index (κ3) is 4.97. The second kappa shape index (κ2) is 8.05. The summed E-state index contributed by atoms with van der Waals surface area (Å²) in [6, 6.07) is 15.2. The van der Waals surface area contributed by atoms with E-state index in [1.807, 2.05) is 12.1 Å². The molecule has 0 aliphatic carbocycles. The van der Waals surface area contributed by atoms with Gasteiger partial charge in [0.15, 0.2) is 0 Å². The Balaban J connectivity index is 1.72. The minimum absolute atomic E-state index is 0.249. The maximum Gasteiger partial charge on any atom is 0.127 e. The van der Waals surface area contributed by atoms with Crippen LogP contribution in [0.25, 0.3) is 0 Å². The number of unbranched alkanes of at least 4 members (excludes halogenated alkanes) is 1. The molecule has 2 aromatic rings. The van der Waals surface area contributed by atoms with Crippen molar-refractivity contribution in [1.29, 1.82) is 0 Å². The molecule has 106 valence electrons. The Kier molecular flexibility index (Phi) is 6.06. The van der Waals surface area contributed by atoms with Crippen LogP contribution in [0.15, 0.2) is 48.5 Å². The van der Waals surface area contributed by atoms with E-state index in [1.54, 1.807) is 0 Å². The lowest BCUT2D eigenvalue weighted by Gasteiger charge is -2.08. The van der Waals surface area contributed by atoms with E-state index in [9.17, 15) is 4.39 Å². The van der Waals surface area contributed by atoms with Crippen molar-refractivity contribution in [2.45, 2.75) is 24.6 Å². The molecule has 0 fully saturated rings. The molecule has 0 spiro atoms. The van der Waals surface area contributed by atoms with Crippen LogP contribution in [0, 0.1) is 5.82 Å². The highest BCUT2D eigenvalue weighted by molar-refractivity contribution is 9.08. The number of benzene rings is 2. The van der Waals surface area contributed by atoms with E-state index in [4.69, 9.17) is 4.74 Å². The smallest absolute Gasteiger partial charge is 0.127 e. The van der Waals surface area contributed by atoms with E-state index >= 15 is 0 Å². The van der Waals surface area contributed by atoms with Crippen molar-refractivity contribution in [3.8, 4) is 5.75 Å². The van der Waals surface area contributed by atoms with E-state index in [1.165, 1.54) is 17.7 Å². The molecule has 3 heteroatoms. The number of hydrogen-bond acceptors (Lipinski definition) is 1. The van der Waals surface area contributed by atoms with Gasteiger partial charge in [-0.05, 0) is 42.5 Å². The molecule has 0 N–H and O–H groups in total. The molecule has 2 aromatic carbocycles. The number of rotatable bonds is 7. The lowest BCUT2D eigenvalue weighted by Crippen LogP contribution is -1.99. The molecule has 0 aliphatic rings. The Morgan fingerprint density at radius 3 is 2.50 bits per heavy atom. The highest BCUT2D eigenvalue weighted by Gasteiger charge is 2.01. The van der Waals surface area contributed by atoms with Crippen molar-refractivity contribution in [2.75, 3.05) is 6.61 Å². The Bertz CT molecular complexity index is 528. The average Bonchev–Trinajstić information content (AvgIpc) is 2.47. The maximum atomic E-state index is 13.3. The van der Waals surface area contributed by atoms with Gasteiger partial charge in [0.25, 0.3) is 0 Å². The van der Waals surface area contributed by atoms with Gasteiger partial charge in [0, 0.05) is 11.4 Å². The first kappa shape index (κ1) is 15.0. The third-order valence-corrected chi connectivity index (χ3v) is 3.70. The fourth-order valence-electron chi connectivity index (χ4n) is 2.05. The Morgan fingerprint density at radius 1 is 0.950 bits per heavy atom. The first-order valence-electron chi connectivity index (χ1n) is 6.80. The summed E-state index contributed by atoms with van der Waals surface area (Å²) in [6.45, 7) is 0.623. The third-order valence-electron chi connectivity index (χ3n) is 3.06. The summed E-state index contributed by atoms with van der Waals surface area (Å²) in [6.07, 6.45) is 3.10. The van der Waals surface area contributed by atoms with E-state index in [0.717, 1.165) is 24.8 Å². The van der Waals surface area contributed by atoms with E-state index in [0.29, 0.717) is 17.7 Å². The van der Waals surface area contributed by atoms with E-state index < -0.39 is 0 Å². The first-order chi connectivity index (χ1) is 9.78. The van der Waals surface area contributed by atoms with Crippen molar-refractivity contribution < 1.29 is 9.13 Å². The van der Waals surface area contributed by atoms with E-state index in [-0.39, 0.29) is 5.82 Å². The first-order valence-corrected chi connectivity index (χ1v) is 7.92. The normalized spacial score (nSPS) is 10.5. The van der Waals surface area contributed by atoms with Gasteiger partial charge in [0.2, 0.25) is 0 Å². The molecule has 0 heterocycles. The lowest BCUT2D eigenvalue weighted by atomic mass is 10.1. The number of ether oxygens (including phenoxy) is 1. The van der Waals surface area contributed by atoms with Gasteiger partial charge in [-0.25, -0.2) is 4.39 Å². The summed E-state index contributed by atoms with van der Waals surface area (Å²) in [5.74, 6) is 0.361. The molecule has 0 atom stereocenters. The molecule has 0 saturated heterocycles. The van der Waals surface area contributed by atoms with Crippen LogP contribution >= 0.6 is 15.9 Å². The van der Waals surface area contributed by atoms with Crippen LogP contribution < -0.4 is 4.74 Å². The van der Waals surface area contributed by atoms with Gasteiger partial charge in [0.05, 0.1) is 6.61 Å². The molecule has 0 radical (unpaired) electrons. The van der Waals surface area contributed by atoms with Gasteiger partial charge in [-0.2, -0.15) is 0 Å². The molecule has 0 bridgehead atoms. The molecular weight excluding hydrogens is 319 g/mol. The van der Waals surface area contributed by atoms with Crippen LogP contribution in [0.3, 0.4) is 0 Å². The summed E-state index contributed by atoms with van der Waals surface area (Å²) in [4.78, 5) is 0. The van der Waals surface area contributed by atoms with Gasteiger partial charge in [0.1, 0.15) is 11.6 Å². The molecule has 1 nitrogen and oxygen atoms in total. The number of hydrogen-bond donors (Lipinski definition) is 0. The van der Waals surface area contributed by atoms with Gasteiger partial charge >= 0.3 is 0 Å². The molecular formula is C17H18BrFO. The molecule has 2 rings (SSSR count). The van der Waals surface area contributed by atoms with Crippen molar-refractivity contribution in [3.05, 3.63) is 65.5 Å².